The number of methoxy groups -OCH3 is 1. The fourth-order valence-corrected chi connectivity index (χ4v) is 2.57. The van der Waals surface area contributed by atoms with Crippen molar-refractivity contribution in [1.82, 2.24) is 4.98 Å². The van der Waals surface area contributed by atoms with Gasteiger partial charge in [-0.2, -0.15) is 0 Å². The second kappa shape index (κ2) is 6.32. The zero-order valence-corrected chi connectivity index (χ0v) is 12.7. The van der Waals surface area contributed by atoms with Crippen LogP contribution in [0.5, 0.6) is 5.75 Å². The lowest BCUT2D eigenvalue weighted by Gasteiger charge is -2.15. The van der Waals surface area contributed by atoms with Gasteiger partial charge in [-0.25, -0.2) is 0 Å². The number of carbonyl (C=O) groups excluding carboxylic acids is 1. The molecular formula is C19H16N2O2. The number of hydrogen-bond acceptors (Lipinski definition) is 3. The first-order valence-corrected chi connectivity index (χ1v) is 7.18. The van der Waals surface area contributed by atoms with Gasteiger partial charge in [-0.3, -0.25) is 9.78 Å². The third-order valence-electron chi connectivity index (χ3n) is 3.66. The van der Waals surface area contributed by atoms with Crippen LogP contribution in [0.15, 0.2) is 67.0 Å². The molecule has 0 unspecified atom stereocenters. The lowest BCUT2D eigenvalue weighted by atomic mass is 9.95. The van der Waals surface area contributed by atoms with Crippen molar-refractivity contribution in [2.24, 2.45) is 5.73 Å². The third-order valence-corrected chi connectivity index (χ3v) is 3.66. The Labute approximate surface area is 134 Å². The van der Waals surface area contributed by atoms with Crippen LogP contribution in [0.25, 0.3) is 22.3 Å². The minimum atomic E-state index is -0.519. The van der Waals surface area contributed by atoms with Crippen LogP contribution in [0.3, 0.4) is 0 Å². The molecule has 3 aromatic rings. The van der Waals surface area contributed by atoms with E-state index in [0.717, 1.165) is 22.3 Å². The van der Waals surface area contributed by atoms with E-state index in [-0.39, 0.29) is 0 Å². The summed E-state index contributed by atoms with van der Waals surface area (Å²) < 4.78 is 5.46. The van der Waals surface area contributed by atoms with Gasteiger partial charge in [0.15, 0.2) is 0 Å². The molecule has 0 atom stereocenters. The normalized spacial score (nSPS) is 10.3. The number of pyridine rings is 1. The fourth-order valence-electron chi connectivity index (χ4n) is 2.57. The van der Waals surface area contributed by atoms with Crippen molar-refractivity contribution in [2.75, 3.05) is 7.11 Å². The highest BCUT2D eigenvalue weighted by molar-refractivity contribution is 6.00. The quantitative estimate of drug-likeness (QED) is 0.802. The van der Waals surface area contributed by atoms with Crippen LogP contribution in [0.1, 0.15) is 10.4 Å². The van der Waals surface area contributed by atoms with Crippen LogP contribution in [0.4, 0.5) is 0 Å². The van der Waals surface area contributed by atoms with E-state index in [2.05, 4.69) is 4.98 Å². The van der Waals surface area contributed by atoms with E-state index in [0.29, 0.717) is 11.3 Å². The Bertz CT molecular complexity index is 831. The Balaban J connectivity index is 2.29. The smallest absolute Gasteiger partial charge is 0.252 e. The number of ether oxygens (including phenoxy) is 1. The second-order valence-electron chi connectivity index (χ2n) is 5.07. The summed E-state index contributed by atoms with van der Waals surface area (Å²) in [6.45, 7) is 0. The van der Waals surface area contributed by atoms with Crippen molar-refractivity contribution in [1.29, 1.82) is 0 Å². The van der Waals surface area contributed by atoms with Gasteiger partial charge in [0.1, 0.15) is 5.75 Å². The zero-order chi connectivity index (χ0) is 16.2. The predicted molar refractivity (Wildman–Crippen MR) is 90.2 cm³/mol. The van der Waals surface area contributed by atoms with Gasteiger partial charge in [0, 0.05) is 18.0 Å². The molecule has 0 fully saturated rings. The highest BCUT2D eigenvalue weighted by Crippen LogP contribution is 2.37. The van der Waals surface area contributed by atoms with Gasteiger partial charge in [0.2, 0.25) is 0 Å². The maximum atomic E-state index is 11.9. The highest BCUT2D eigenvalue weighted by Gasteiger charge is 2.17. The summed E-state index contributed by atoms with van der Waals surface area (Å²) in [6, 6.07) is 17.3. The molecule has 4 heteroatoms. The molecule has 4 nitrogen and oxygen atoms in total. The number of benzene rings is 2. The van der Waals surface area contributed by atoms with Gasteiger partial charge in [0.05, 0.1) is 12.7 Å². The van der Waals surface area contributed by atoms with Crippen molar-refractivity contribution < 1.29 is 9.53 Å². The molecule has 0 aliphatic carbocycles. The molecular weight excluding hydrogens is 288 g/mol. The predicted octanol–water partition coefficient (Wildman–Crippen LogP) is 3.52. The maximum Gasteiger partial charge on any atom is 0.252 e. The molecule has 0 aliphatic rings. The van der Waals surface area contributed by atoms with Crippen molar-refractivity contribution in [2.45, 2.75) is 0 Å². The number of hydrogen-bond donors (Lipinski definition) is 1. The van der Waals surface area contributed by atoms with Gasteiger partial charge in [-0.1, -0.05) is 30.3 Å². The van der Waals surface area contributed by atoms with Crippen molar-refractivity contribution in [3.63, 3.8) is 0 Å². The Morgan fingerprint density at radius 1 is 0.957 bits per heavy atom. The number of nitrogens with two attached hydrogens (primary N) is 1. The van der Waals surface area contributed by atoms with Crippen LogP contribution in [-0.2, 0) is 0 Å². The van der Waals surface area contributed by atoms with Gasteiger partial charge >= 0.3 is 0 Å². The summed E-state index contributed by atoms with van der Waals surface area (Å²) in [7, 11) is 1.54. The van der Waals surface area contributed by atoms with Gasteiger partial charge in [-0.05, 0) is 41.0 Å². The number of primary amides is 1. The molecule has 3 rings (SSSR count). The van der Waals surface area contributed by atoms with E-state index in [4.69, 9.17) is 10.5 Å². The van der Waals surface area contributed by atoms with Crippen molar-refractivity contribution in [3.8, 4) is 28.0 Å². The van der Waals surface area contributed by atoms with Crippen LogP contribution in [0.2, 0.25) is 0 Å². The first-order chi connectivity index (χ1) is 11.2. The molecule has 0 radical (unpaired) electrons. The monoisotopic (exact) mass is 304 g/mol. The van der Waals surface area contributed by atoms with E-state index in [1.54, 1.807) is 18.5 Å². The summed E-state index contributed by atoms with van der Waals surface area (Å²) in [5, 5.41) is 0. The Morgan fingerprint density at radius 2 is 1.65 bits per heavy atom. The molecule has 0 spiro atoms. The average Bonchev–Trinajstić information content (AvgIpc) is 2.62. The van der Waals surface area contributed by atoms with Crippen LogP contribution in [0, 0.1) is 0 Å². The molecule has 0 saturated heterocycles. The summed E-state index contributed by atoms with van der Waals surface area (Å²) in [4.78, 5) is 15.9. The van der Waals surface area contributed by atoms with E-state index in [1.807, 2.05) is 48.5 Å². The third kappa shape index (κ3) is 2.92. The zero-order valence-electron chi connectivity index (χ0n) is 12.7. The van der Waals surface area contributed by atoms with E-state index in [1.165, 1.54) is 7.11 Å². The lowest BCUT2D eigenvalue weighted by molar-refractivity contribution is 0.0997. The fraction of sp³-hybridized carbons (Fsp3) is 0.0526. The molecule has 1 aromatic heterocycles. The first-order valence-electron chi connectivity index (χ1n) is 7.18. The molecule has 1 amide bonds. The van der Waals surface area contributed by atoms with Crippen molar-refractivity contribution >= 4 is 5.91 Å². The molecule has 23 heavy (non-hydrogen) atoms. The number of rotatable bonds is 4. The lowest BCUT2D eigenvalue weighted by Crippen LogP contribution is -2.13. The Kier molecular flexibility index (Phi) is 4.06. The molecule has 2 aromatic carbocycles. The van der Waals surface area contributed by atoms with Gasteiger partial charge in [0.25, 0.3) is 5.91 Å². The molecule has 114 valence electrons. The summed E-state index contributed by atoms with van der Waals surface area (Å²) >= 11 is 0. The molecule has 0 aliphatic heterocycles. The molecule has 1 heterocycles. The minimum absolute atomic E-state index is 0.362. The van der Waals surface area contributed by atoms with E-state index >= 15 is 0 Å². The largest absolute Gasteiger partial charge is 0.495 e. The Hall–Kier alpha value is -3.14. The SMILES string of the molecule is COc1c(C(N)=O)cc(-c2ccccc2)cc1-c1ccncc1. The minimum Gasteiger partial charge on any atom is -0.495 e. The Morgan fingerprint density at radius 3 is 2.26 bits per heavy atom. The summed E-state index contributed by atoms with van der Waals surface area (Å²) in [5.74, 6) is -0.0432. The van der Waals surface area contributed by atoms with E-state index < -0.39 is 5.91 Å². The standard InChI is InChI=1S/C19H16N2O2/c1-23-18-16(14-7-9-21-10-8-14)11-15(12-17(18)19(20)22)13-5-3-2-4-6-13/h2-12H,1H3,(H2,20,22). The van der Waals surface area contributed by atoms with Crippen LogP contribution < -0.4 is 10.5 Å². The number of carbonyl (C=O) groups is 1. The molecule has 0 bridgehead atoms. The van der Waals surface area contributed by atoms with Crippen molar-refractivity contribution in [3.05, 3.63) is 72.6 Å². The molecule has 2 N–H and O–H groups in total. The van der Waals surface area contributed by atoms with Gasteiger partial charge < -0.3 is 10.5 Å². The second-order valence-corrected chi connectivity index (χ2v) is 5.07. The molecule has 0 saturated carbocycles. The van der Waals surface area contributed by atoms with Crippen LogP contribution in [-0.4, -0.2) is 18.0 Å². The van der Waals surface area contributed by atoms with Crippen LogP contribution >= 0.6 is 0 Å². The maximum absolute atomic E-state index is 11.9. The average molecular weight is 304 g/mol. The number of amides is 1. The number of nitrogens with zero attached hydrogens (tertiary/aromatic N) is 1. The summed E-state index contributed by atoms with van der Waals surface area (Å²) in [5.41, 5.74) is 9.56. The summed E-state index contributed by atoms with van der Waals surface area (Å²) in [6.07, 6.45) is 3.40. The topological polar surface area (TPSA) is 65.2 Å². The van der Waals surface area contributed by atoms with E-state index in [9.17, 15) is 4.79 Å². The highest BCUT2D eigenvalue weighted by atomic mass is 16.5. The first kappa shape index (κ1) is 14.8. The van der Waals surface area contributed by atoms with Gasteiger partial charge in [-0.15, -0.1) is 0 Å². The number of aromatic nitrogens is 1.